The number of rotatable bonds is 8. The van der Waals surface area contributed by atoms with Crippen molar-refractivity contribution in [1.29, 1.82) is 5.26 Å². The van der Waals surface area contributed by atoms with Gasteiger partial charge in [-0.3, -0.25) is 4.79 Å². The van der Waals surface area contributed by atoms with Gasteiger partial charge in [0.2, 0.25) is 5.91 Å². The molecule has 0 atom stereocenters. The Balaban J connectivity index is 2.10. The van der Waals surface area contributed by atoms with Crippen molar-refractivity contribution >= 4 is 23.4 Å². The zero-order chi connectivity index (χ0) is 19.8. The van der Waals surface area contributed by atoms with E-state index < -0.39 is 12.5 Å². The summed E-state index contributed by atoms with van der Waals surface area (Å²) in [7, 11) is 1.52. The molecule has 0 spiro atoms. The summed E-state index contributed by atoms with van der Waals surface area (Å²) in [6, 6.07) is 9.75. The van der Waals surface area contributed by atoms with Gasteiger partial charge >= 0.3 is 6.61 Å². The van der Waals surface area contributed by atoms with Crippen molar-refractivity contribution in [3.8, 4) is 11.8 Å². The molecular formula is C18H17F2N3O3S. The van der Waals surface area contributed by atoms with Gasteiger partial charge in [-0.25, -0.2) is 4.98 Å². The van der Waals surface area contributed by atoms with Crippen molar-refractivity contribution < 1.29 is 23.0 Å². The van der Waals surface area contributed by atoms with Gasteiger partial charge in [0.25, 0.3) is 0 Å². The molecule has 1 N–H and O–H groups in total. The fourth-order valence-corrected chi connectivity index (χ4v) is 3.16. The number of halogens is 2. The summed E-state index contributed by atoms with van der Waals surface area (Å²) >= 11 is 1.08. The zero-order valence-electron chi connectivity index (χ0n) is 14.7. The van der Waals surface area contributed by atoms with E-state index in [0.717, 1.165) is 11.8 Å². The van der Waals surface area contributed by atoms with Crippen LogP contribution in [-0.2, 0) is 16.1 Å². The lowest BCUT2D eigenvalue weighted by Gasteiger charge is -2.12. The molecule has 0 bridgehead atoms. The Hall–Kier alpha value is -2.70. The van der Waals surface area contributed by atoms with Gasteiger partial charge in [0.05, 0.1) is 23.6 Å². The van der Waals surface area contributed by atoms with Crippen LogP contribution >= 0.6 is 11.8 Å². The minimum Gasteiger partial charge on any atom is -0.433 e. The summed E-state index contributed by atoms with van der Waals surface area (Å²) < 4.78 is 34.3. The van der Waals surface area contributed by atoms with Gasteiger partial charge in [-0.05, 0) is 30.7 Å². The zero-order valence-corrected chi connectivity index (χ0v) is 15.5. The lowest BCUT2D eigenvalue weighted by molar-refractivity contribution is -0.113. The van der Waals surface area contributed by atoms with Crippen LogP contribution in [0, 0.1) is 18.3 Å². The molecule has 9 heteroatoms. The Bertz CT molecular complexity index is 856. The van der Waals surface area contributed by atoms with Gasteiger partial charge in [0, 0.05) is 12.8 Å². The summed E-state index contributed by atoms with van der Waals surface area (Å²) in [4.78, 5) is 16.5. The van der Waals surface area contributed by atoms with Crippen LogP contribution in [0.1, 0.15) is 16.8 Å². The second kappa shape index (κ2) is 9.85. The number of alkyl halides is 2. The van der Waals surface area contributed by atoms with Crippen molar-refractivity contribution in [1.82, 2.24) is 4.98 Å². The molecule has 2 aromatic rings. The predicted molar refractivity (Wildman–Crippen MR) is 96.8 cm³/mol. The number of carbonyl (C=O) groups is 1. The molecule has 0 aliphatic rings. The lowest BCUT2D eigenvalue weighted by atomic mass is 10.1. The third-order valence-corrected chi connectivity index (χ3v) is 4.30. The normalized spacial score (nSPS) is 10.5. The summed E-state index contributed by atoms with van der Waals surface area (Å²) in [5, 5.41) is 12.3. The monoisotopic (exact) mass is 393 g/mol. The molecule has 0 aliphatic heterocycles. The number of thioether (sulfide) groups is 1. The maximum atomic E-state index is 12.4. The molecule has 1 amide bonds. The molecule has 0 fully saturated rings. The first kappa shape index (κ1) is 20.6. The summed E-state index contributed by atoms with van der Waals surface area (Å²) in [5.74, 6) is -0.619. The van der Waals surface area contributed by atoms with E-state index in [1.165, 1.54) is 25.3 Å². The first-order chi connectivity index (χ1) is 12.9. The minimum absolute atomic E-state index is 0.0550. The molecule has 0 aliphatic carbocycles. The van der Waals surface area contributed by atoms with Crippen LogP contribution in [0.2, 0.25) is 0 Å². The van der Waals surface area contributed by atoms with Crippen molar-refractivity contribution in [3.63, 3.8) is 0 Å². The number of carbonyl (C=O) groups excluding carboxylic acids is 1. The first-order valence-electron chi connectivity index (χ1n) is 7.80. The Morgan fingerprint density at radius 1 is 1.41 bits per heavy atom. The molecule has 0 radical (unpaired) electrons. The van der Waals surface area contributed by atoms with E-state index in [2.05, 4.69) is 21.1 Å². The molecule has 6 nitrogen and oxygen atoms in total. The maximum absolute atomic E-state index is 12.4. The number of nitrogens with one attached hydrogen (secondary N) is 1. The van der Waals surface area contributed by atoms with E-state index in [0.29, 0.717) is 21.8 Å². The molecule has 0 saturated carbocycles. The highest BCUT2D eigenvalue weighted by molar-refractivity contribution is 8.00. The van der Waals surface area contributed by atoms with Crippen molar-refractivity contribution in [2.24, 2.45) is 0 Å². The van der Waals surface area contributed by atoms with Gasteiger partial charge in [0.1, 0.15) is 16.8 Å². The number of pyridine rings is 1. The maximum Gasteiger partial charge on any atom is 0.387 e. The quantitative estimate of drug-likeness (QED) is 0.688. The predicted octanol–water partition coefficient (Wildman–Crippen LogP) is 3.74. The third kappa shape index (κ3) is 5.91. The molecule has 2 rings (SSSR count). The number of amides is 1. The average Bonchev–Trinajstić information content (AvgIpc) is 2.61. The average molecular weight is 393 g/mol. The van der Waals surface area contributed by atoms with Crippen LogP contribution in [0.3, 0.4) is 0 Å². The van der Waals surface area contributed by atoms with E-state index in [1.807, 2.05) is 0 Å². The summed E-state index contributed by atoms with van der Waals surface area (Å²) in [6.07, 6.45) is 0. The molecule has 27 heavy (non-hydrogen) atoms. The Kier molecular flexibility index (Phi) is 7.52. The largest absolute Gasteiger partial charge is 0.433 e. The van der Waals surface area contributed by atoms with Gasteiger partial charge in [-0.2, -0.15) is 14.0 Å². The molecular weight excluding hydrogens is 376 g/mol. The number of hydrogen-bond donors (Lipinski definition) is 1. The molecule has 142 valence electrons. The lowest BCUT2D eigenvalue weighted by Crippen LogP contribution is -2.16. The van der Waals surface area contributed by atoms with Crippen LogP contribution in [0.25, 0.3) is 0 Å². The van der Waals surface area contributed by atoms with Crippen molar-refractivity contribution in [2.45, 2.75) is 25.2 Å². The van der Waals surface area contributed by atoms with Gasteiger partial charge < -0.3 is 14.8 Å². The number of hydrogen-bond acceptors (Lipinski definition) is 6. The molecule has 0 unspecified atom stereocenters. The number of aromatic nitrogens is 1. The number of methoxy groups -OCH3 is 1. The van der Waals surface area contributed by atoms with Crippen LogP contribution in [0.15, 0.2) is 35.4 Å². The van der Waals surface area contributed by atoms with Crippen molar-refractivity contribution in [2.75, 3.05) is 18.2 Å². The molecule has 1 aromatic carbocycles. The standard InChI is InChI=1S/C18H17F2N3O3S/c1-11-7-12(9-25-2)13(8-21)17(22-11)27-10-16(24)23-14-5-3-4-6-15(14)26-18(19)20/h3-7,18H,9-10H2,1-2H3,(H,23,24). The topological polar surface area (TPSA) is 84.2 Å². The number of nitriles is 1. The Morgan fingerprint density at radius 3 is 2.81 bits per heavy atom. The van der Waals surface area contributed by atoms with E-state index >= 15 is 0 Å². The molecule has 1 heterocycles. The van der Waals surface area contributed by atoms with Gasteiger partial charge in [0.15, 0.2) is 0 Å². The fourth-order valence-electron chi connectivity index (χ4n) is 2.29. The number of benzene rings is 1. The smallest absolute Gasteiger partial charge is 0.387 e. The fraction of sp³-hybridized carbons (Fsp3) is 0.278. The Morgan fingerprint density at radius 2 is 2.15 bits per heavy atom. The molecule has 1 aromatic heterocycles. The number of anilines is 1. The van der Waals surface area contributed by atoms with E-state index in [-0.39, 0.29) is 23.8 Å². The van der Waals surface area contributed by atoms with Gasteiger partial charge in [-0.15, -0.1) is 0 Å². The summed E-state index contributed by atoms with van der Waals surface area (Å²) in [6.45, 7) is -0.960. The highest BCUT2D eigenvalue weighted by Gasteiger charge is 2.15. The second-order valence-electron chi connectivity index (χ2n) is 5.36. The van der Waals surface area contributed by atoms with E-state index in [4.69, 9.17) is 4.74 Å². The Labute approximate surface area is 159 Å². The van der Waals surface area contributed by atoms with Crippen LogP contribution in [-0.4, -0.2) is 30.4 Å². The number of aryl methyl sites for hydroxylation is 1. The van der Waals surface area contributed by atoms with Gasteiger partial charge in [-0.1, -0.05) is 23.9 Å². The summed E-state index contributed by atoms with van der Waals surface area (Å²) in [5.41, 5.74) is 1.87. The van der Waals surface area contributed by atoms with Crippen LogP contribution < -0.4 is 10.1 Å². The highest BCUT2D eigenvalue weighted by atomic mass is 32.2. The first-order valence-corrected chi connectivity index (χ1v) is 8.79. The SMILES string of the molecule is COCc1cc(C)nc(SCC(=O)Nc2ccccc2OC(F)F)c1C#N. The number of nitrogens with zero attached hydrogens (tertiary/aromatic N) is 2. The molecule has 0 saturated heterocycles. The minimum atomic E-state index is -2.99. The number of para-hydroxylation sites is 2. The van der Waals surface area contributed by atoms with Crippen LogP contribution in [0.5, 0.6) is 5.75 Å². The van der Waals surface area contributed by atoms with E-state index in [1.54, 1.807) is 19.1 Å². The number of ether oxygens (including phenoxy) is 2. The second-order valence-corrected chi connectivity index (χ2v) is 6.32. The third-order valence-electron chi connectivity index (χ3n) is 3.32. The van der Waals surface area contributed by atoms with Crippen molar-refractivity contribution in [3.05, 3.63) is 47.2 Å². The van der Waals surface area contributed by atoms with Crippen LogP contribution in [0.4, 0.5) is 14.5 Å². The van der Waals surface area contributed by atoms with E-state index in [9.17, 15) is 18.8 Å². The highest BCUT2D eigenvalue weighted by Crippen LogP contribution is 2.27.